The van der Waals surface area contributed by atoms with Gasteiger partial charge in [0.2, 0.25) is 0 Å². The summed E-state index contributed by atoms with van der Waals surface area (Å²) < 4.78 is 0. The van der Waals surface area contributed by atoms with E-state index in [0.29, 0.717) is 0 Å². The lowest BCUT2D eigenvalue weighted by Gasteiger charge is -2.08. The Balaban J connectivity index is 1.84. The molecular weight excluding hydrogens is 312 g/mol. The number of hydrazone groups is 1. The third-order valence-electron chi connectivity index (χ3n) is 2.93. The second-order valence-corrected chi connectivity index (χ2v) is 6.87. The zero-order valence-electron chi connectivity index (χ0n) is 12.5. The smallest absolute Gasteiger partial charge is 0.253 e. The van der Waals surface area contributed by atoms with Crippen LogP contribution in [0, 0.1) is 0 Å². The number of nitrogens with zero attached hydrogens (tertiary/aromatic N) is 1. The topological polar surface area (TPSA) is 41.5 Å². The number of hydrogen-bond acceptors (Lipinski definition) is 4. The van der Waals surface area contributed by atoms with Crippen molar-refractivity contribution in [3.63, 3.8) is 0 Å². The van der Waals surface area contributed by atoms with Crippen molar-refractivity contribution in [2.24, 2.45) is 5.10 Å². The molecule has 2 rings (SSSR count). The molecule has 3 nitrogen and oxygen atoms in total. The first-order valence-corrected chi connectivity index (χ1v) is 8.98. The maximum Gasteiger partial charge on any atom is 0.253 e. The van der Waals surface area contributed by atoms with Gasteiger partial charge in [0.1, 0.15) is 0 Å². The Morgan fingerprint density at radius 2 is 1.77 bits per heavy atom. The number of amides is 1. The molecule has 0 aliphatic heterocycles. The van der Waals surface area contributed by atoms with E-state index >= 15 is 0 Å². The molecule has 0 bridgehead atoms. The van der Waals surface area contributed by atoms with E-state index in [1.807, 2.05) is 67.8 Å². The standard InChI is InChI=1S/C17H18N2OS2/c1-13(22-16-6-4-3-5-7-16)17(20)19-18-12-14-8-10-15(21-2)11-9-14/h3-13H,1-2H3,(H,19,20)/b18-12-/t13-/m0/s1. The number of carbonyl (C=O) groups excluding carboxylic acids is 1. The highest BCUT2D eigenvalue weighted by Gasteiger charge is 2.13. The molecule has 0 aliphatic carbocycles. The van der Waals surface area contributed by atoms with Crippen molar-refractivity contribution in [1.29, 1.82) is 0 Å². The van der Waals surface area contributed by atoms with Crippen LogP contribution in [-0.4, -0.2) is 23.6 Å². The molecule has 114 valence electrons. The molecule has 0 aromatic heterocycles. The molecule has 0 heterocycles. The summed E-state index contributed by atoms with van der Waals surface area (Å²) in [5, 5.41) is 3.82. The molecular formula is C17H18N2OS2. The van der Waals surface area contributed by atoms with E-state index in [9.17, 15) is 4.79 Å². The summed E-state index contributed by atoms with van der Waals surface area (Å²) in [6.07, 6.45) is 3.69. The van der Waals surface area contributed by atoms with Crippen molar-refractivity contribution >= 4 is 35.6 Å². The van der Waals surface area contributed by atoms with Gasteiger partial charge in [0, 0.05) is 9.79 Å². The van der Waals surface area contributed by atoms with E-state index in [2.05, 4.69) is 10.5 Å². The number of rotatable bonds is 6. The first-order valence-electron chi connectivity index (χ1n) is 6.87. The molecule has 1 atom stereocenters. The third-order valence-corrected chi connectivity index (χ3v) is 4.78. The van der Waals surface area contributed by atoms with E-state index in [1.165, 1.54) is 16.7 Å². The number of benzene rings is 2. The van der Waals surface area contributed by atoms with Gasteiger partial charge >= 0.3 is 0 Å². The Kier molecular flexibility index (Phi) is 6.55. The lowest BCUT2D eigenvalue weighted by atomic mass is 10.2. The van der Waals surface area contributed by atoms with Gasteiger partial charge < -0.3 is 0 Å². The first-order chi connectivity index (χ1) is 10.7. The van der Waals surface area contributed by atoms with Gasteiger partial charge in [-0.3, -0.25) is 4.79 Å². The zero-order chi connectivity index (χ0) is 15.8. The number of hydrogen-bond donors (Lipinski definition) is 1. The van der Waals surface area contributed by atoms with Crippen molar-refractivity contribution < 1.29 is 4.79 Å². The fraction of sp³-hybridized carbons (Fsp3) is 0.176. The molecule has 0 aliphatic rings. The minimum absolute atomic E-state index is 0.106. The first kappa shape index (κ1) is 16.6. The van der Waals surface area contributed by atoms with Crippen LogP contribution >= 0.6 is 23.5 Å². The lowest BCUT2D eigenvalue weighted by Crippen LogP contribution is -2.26. The fourth-order valence-corrected chi connectivity index (χ4v) is 3.00. The van der Waals surface area contributed by atoms with Crippen LogP contribution in [0.4, 0.5) is 0 Å². The highest BCUT2D eigenvalue weighted by molar-refractivity contribution is 8.00. The molecule has 5 heteroatoms. The summed E-state index contributed by atoms with van der Waals surface area (Å²) in [4.78, 5) is 14.3. The van der Waals surface area contributed by atoms with Crippen molar-refractivity contribution in [3.8, 4) is 0 Å². The Hall–Kier alpha value is -1.72. The van der Waals surface area contributed by atoms with Crippen molar-refractivity contribution in [2.75, 3.05) is 6.26 Å². The van der Waals surface area contributed by atoms with Gasteiger partial charge in [0.15, 0.2) is 0 Å². The molecule has 0 unspecified atom stereocenters. The van der Waals surface area contributed by atoms with Gasteiger partial charge in [-0.1, -0.05) is 30.3 Å². The van der Waals surface area contributed by atoms with Crippen molar-refractivity contribution in [2.45, 2.75) is 22.0 Å². The van der Waals surface area contributed by atoms with Gasteiger partial charge in [0.25, 0.3) is 5.91 Å². The predicted molar refractivity (Wildman–Crippen MR) is 95.7 cm³/mol. The summed E-state index contributed by atoms with van der Waals surface area (Å²) in [5.41, 5.74) is 3.54. The third kappa shape index (κ3) is 5.24. The van der Waals surface area contributed by atoms with Crippen molar-refractivity contribution in [3.05, 3.63) is 60.2 Å². The summed E-state index contributed by atoms with van der Waals surface area (Å²) in [6, 6.07) is 17.9. The molecule has 1 N–H and O–H groups in total. The molecule has 0 spiro atoms. The summed E-state index contributed by atoms with van der Waals surface area (Å²) in [6.45, 7) is 1.87. The summed E-state index contributed by atoms with van der Waals surface area (Å²) in [5.74, 6) is -0.106. The lowest BCUT2D eigenvalue weighted by molar-refractivity contribution is -0.120. The maximum absolute atomic E-state index is 12.0. The Morgan fingerprint density at radius 1 is 1.09 bits per heavy atom. The van der Waals surface area contributed by atoms with Crippen molar-refractivity contribution in [1.82, 2.24) is 5.43 Å². The van der Waals surface area contributed by atoms with E-state index < -0.39 is 0 Å². The fourth-order valence-electron chi connectivity index (χ4n) is 1.71. The SMILES string of the molecule is CSc1ccc(/C=N\NC(=O)[C@H](C)Sc2ccccc2)cc1. The molecule has 2 aromatic carbocycles. The zero-order valence-corrected chi connectivity index (χ0v) is 14.2. The van der Waals surface area contributed by atoms with Gasteiger partial charge in [-0.05, 0) is 43.0 Å². The van der Waals surface area contributed by atoms with Gasteiger partial charge in [-0.25, -0.2) is 5.43 Å². The highest BCUT2D eigenvalue weighted by atomic mass is 32.2. The van der Waals surface area contributed by atoms with E-state index in [0.717, 1.165) is 10.5 Å². The molecule has 0 saturated carbocycles. The Bertz CT molecular complexity index is 627. The van der Waals surface area contributed by atoms with Crippen LogP contribution in [0.1, 0.15) is 12.5 Å². The molecule has 0 saturated heterocycles. The van der Waals surface area contributed by atoms with Crippen LogP contribution < -0.4 is 5.43 Å². The maximum atomic E-state index is 12.0. The molecule has 2 aromatic rings. The molecule has 1 amide bonds. The van der Waals surface area contributed by atoms with Crippen LogP contribution in [0.2, 0.25) is 0 Å². The number of thioether (sulfide) groups is 2. The Labute approximate surface area is 139 Å². The largest absolute Gasteiger partial charge is 0.272 e. The minimum Gasteiger partial charge on any atom is -0.272 e. The second-order valence-electron chi connectivity index (χ2n) is 4.58. The van der Waals surface area contributed by atoms with Crippen LogP contribution in [0.15, 0.2) is 69.5 Å². The average Bonchev–Trinajstić information content (AvgIpc) is 2.56. The van der Waals surface area contributed by atoms with E-state index in [-0.39, 0.29) is 11.2 Å². The normalized spacial score (nSPS) is 12.3. The molecule has 0 fully saturated rings. The van der Waals surface area contributed by atoms with Crippen LogP contribution in [0.25, 0.3) is 0 Å². The van der Waals surface area contributed by atoms with Crippen LogP contribution in [-0.2, 0) is 4.79 Å². The molecule has 22 heavy (non-hydrogen) atoms. The monoisotopic (exact) mass is 330 g/mol. The minimum atomic E-state index is -0.196. The molecule has 0 radical (unpaired) electrons. The second kappa shape index (κ2) is 8.66. The van der Waals surface area contributed by atoms with Gasteiger partial charge in [0.05, 0.1) is 11.5 Å². The van der Waals surface area contributed by atoms with E-state index in [1.54, 1.807) is 18.0 Å². The van der Waals surface area contributed by atoms with Crippen LogP contribution in [0.3, 0.4) is 0 Å². The predicted octanol–water partition coefficient (Wildman–Crippen LogP) is 4.04. The highest BCUT2D eigenvalue weighted by Crippen LogP contribution is 2.22. The summed E-state index contributed by atoms with van der Waals surface area (Å²) >= 11 is 3.21. The number of nitrogens with one attached hydrogen (secondary N) is 1. The average molecular weight is 330 g/mol. The van der Waals surface area contributed by atoms with E-state index in [4.69, 9.17) is 0 Å². The Morgan fingerprint density at radius 3 is 2.41 bits per heavy atom. The quantitative estimate of drug-likeness (QED) is 0.494. The summed E-state index contributed by atoms with van der Waals surface area (Å²) in [7, 11) is 0. The number of carbonyl (C=O) groups is 1. The van der Waals surface area contributed by atoms with Gasteiger partial charge in [-0.2, -0.15) is 5.10 Å². The van der Waals surface area contributed by atoms with Crippen LogP contribution in [0.5, 0.6) is 0 Å². The van der Waals surface area contributed by atoms with Gasteiger partial charge in [-0.15, -0.1) is 23.5 Å².